The minimum absolute atomic E-state index is 0.0372. The van der Waals surface area contributed by atoms with Crippen molar-refractivity contribution in [2.24, 2.45) is 7.05 Å². The van der Waals surface area contributed by atoms with Crippen LogP contribution >= 0.6 is 0 Å². The van der Waals surface area contributed by atoms with Gasteiger partial charge in [0.25, 0.3) is 5.91 Å². The number of nitrogens with one attached hydrogen (secondary N) is 1. The molecule has 2 aromatic rings. The summed E-state index contributed by atoms with van der Waals surface area (Å²) >= 11 is 0. The lowest BCUT2D eigenvalue weighted by Crippen LogP contribution is -2.29. The van der Waals surface area contributed by atoms with Crippen LogP contribution < -0.4 is 5.32 Å². The summed E-state index contributed by atoms with van der Waals surface area (Å²) in [6.07, 6.45) is 2.21. The summed E-state index contributed by atoms with van der Waals surface area (Å²) in [5, 5.41) is 17.0. The summed E-state index contributed by atoms with van der Waals surface area (Å²) in [6, 6.07) is 2.87. The monoisotopic (exact) mass is 288 g/mol. The van der Waals surface area contributed by atoms with Crippen molar-refractivity contribution in [2.75, 3.05) is 0 Å². The number of amides is 1. The van der Waals surface area contributed by atoms with E-state index >= 15 is 0 Å². The fourth-order valence-corrected chi connectivity index (χ4v) is 2.47. The molecule has 2 aromatic heterocycles. The fraction of sp³-hybridized carbons (Fsp3) is 0.400. The van der Waals surface area contributed by atoms with Gasteiger partial charge in [0.05, 0.1) is 11.7 Å². The number of hydrogen-bond acceptors (Lipinski definition) is 4. The Morgan fingerprint density at radius 3 is 2.71 bits per heavy atom. The average molecular weight is 288 g/mol. The second-order valence-corrected chi connectivity index (χ2v) is 5.01. The van der Waals surface area contributed by atoms with E-state index in [-0.39, 0.29) is 23.4 Å². The number of nitrogens with zero attached hydrogens (tertiary/aromatic N) is 3. The van der Waals surface area contributed by atoms with Gasteiger partial charge in [-0.05, 0) is 32.4 Å². The Kier molecular flexibility index (Phi) is 4.26. The number of aromatic hydroxyl groups is 1. The van der Waals surface area contributed by atoms with Crippen molar-refractivity contribution in [3.8, 4) is 5.75 Å². The van der Waals surface area contributed by atoms with Crippen LogP contribution in [0.5, 0.6) is 5.75 Å². The second-order valence-electron chi connectivity index (χ2n) is 5.01. The van der Waals surface area contributed by atoms with E-state index in [2.05, 4.69) is 15.4 Å². The van der Waals surface area contributed by atoms with Gasteiger partial charge < -0.3 is 10.4 Å². The Morgan fingerprint density at radius 1 is 1.48 bits per heavy atom. The minimum Gasteiger partial charge on any atom is -0.505 e. The number of carbonyl (C=O) groups excluding carboxylic acids is 1. The van der Waals surface area contributed by atoms with Crippen LogP contribution in [0.3, 0.4) is 0 Å². The first-order valence-electron chi connectivity index (χ1n) is 6.90. The number of pyridine rings is 1. The zero-order valence-corrected chi connectivity index (χ0v) is 12.7. The van der Waals surface area contributed by atoms with Crippen LogP contribution in [0.2, 0.25) is 0 Å². The lowest BCUT2D eigenvalue weighted by molar-refractivity contribution is 0.0927. The molecule has 0 bridgehead atoms. The van der Waals surface area contributed by atoms with E-state index in [1.54, 1.807) is 10.7 Å². The molecule has 0 fully saturated rings. The smallest absolute Gasteiger partial charge is 0.274 e. The molecule has 2 N–H and O–H groups in total. The molecule has 21 heavy (non-hydrogen) atoms. The Balaban J connectivity index is 2.28. The Bertz CT molecular complexity index is 664. The average Bonchev–Trinajstić information content (AvgIpc) is 2.70. The van der Waals surface area contributed by atoms with Crippen LogP contribution in [0.4, 0.5) is 0 Å². The second kappa shape index (κ2) is 5.95. The summed E-state index contributed by atoms with van der Waals surface area (Å²) < 4.78 is 1.80. The van der Waals surface area contributed by atoms with Crippen molar-refractivity contribution in [2.45, 2.75) is 33.2 Å². The molecule has 0 saturated heterocycles. The summed E-state index contributed by atoms with van der Waals surface area (Å²) in [6.45, 7) is 5.90. The molecule has 6 heteroatoms. The zero-order valence-electron chi connectivity index (χ0n) is 12.7. The van der Waals surface area contributed by atoms with Crippen LogP contribution in [-0.4, -0.2) is 25.8 Å². The number of carbonyl (C=O) groups is 1. The van der Waals surface area contributed by atoms with Gasteiger partial charge in [-0.15, -0.1) is 0 Å². The topological polar surface area (TPSA) is 80.0 Å². The molecule has 0 saturated carbocycles. The Morgan fingerprint density at radius 2 is 2.19 bits per heavy atom. The van der Waals surface area contributed by atoms with Gasteiger partial charge in [-0.2, -0.15) is 5.10 Å². The van der Waals surface area contributed by atoms with Crippen LogP contribution in [0, 0.1) is 13.8 Å². The summed E-state index contributed by atoms with van der Waals surface area (Å²) in [5.74, 6) is -0.507. The molecule has 0 aliphatic heterocycles. The number of aryl methyl sites for hydroxylation is 2. The van der Waals surface area contributed by atoms with Gasteiger partial charge in [-0.25, -0.2) is 4.98 Å². The molecule has 0 spiro atoms. The van der Waals surface area contributed by atoms with E-state index in [0.717, 1.165) is 23.4 Å². The lowest BCUT2D eigenvalue weighted by Gasteiger charge is -2.18. The van der Waals surface area contributed by atoms with Crippen molar-refractivity contribution < 1.29 is 9.90 Å². The summed E-state index contributed by atoms with van der Waals surface area (Å²) in [4.78, 5) is 16.2. The van der Waals surface area contributed by atoms with Crippen molar-refractivity contribution in [1.82, 2.24) is 20.1 Å². The van der Waals surface area contributed by atoms with Gasteiger partial charge in [-0.3, -0.25) is 9.48 Å². The van der Waals surface area contributed by atoms with Gasteiger partial charge in [0, 0.05) is 24.5 Å². The molecule has 0 unspecified atom stereocenters. The third-order valence-electron chi connectivity index (χ3n) is 3.63. The molecule has 0 aliphatic carbocycles. The van der Waals surface area contributed by atoms with E-state index in [0.29, 0.717) is 0 Å². The molecule has 2 heterocycles. The molecule has 0 aromatic carbocycles. The first kappa shape index (κ1) is 15.0. The first-order chi connectivity index (χ1) is 9.95. The number of aromatic nitrogens is 3. The highest BCUT2D eigenvalue weighted by molar-refractivity contribution is 5.95. The number of hydrogen-bond donors (Lipinski definition) is 2. The van der Waals surface area contributed by atoms with Gasteiger partial charge in [0.1, 0.15) is 5.75 Å². The molecule has 0 aliphatic rings. The number of rotatable bonds is 4. The summed E-state index contributed by atoms with van der Waals surface area (Å²) in [5.41, 5.74) is 2.97. The highest BCUT2D eigenvalue weighted by Gasteiger charge is 2.22. The Hall–Kier alpha value is -2.37. The SMILES string of the molecule is CC[C@@H](NC(=O)c1ncccc1O)c1c(C)nn(C)c1C. The van der Waals surface area contributed by atoms with Crippen LogP contribution in [0.15, 0.2) is 18.3 Å². The van der Waals surface area contributed by atoms with E-state index in [1.807, 2.05) is 27.8 Å². The maximum Gasteiger partial charge on any atom is 0.274 e. The van der Waals surface area contributed by atoms with Gasteiger partial charge in [0.15, 0.2) is 5.69 Å². The van der Waals surface area contributed by atoms with Crippen LogP contribution in [-0.2, 0) is 7.05 Å². The molecule has 2 rings (SSSR count). The molecular formula is C15H20N4O2. The van der Waals surface area contributed by atoms with E-state index in [4.69, 9.17) is 0 Å². The normalized spacial score (nSPS) is 12.2. The predicted molar refractivity (Wildman–Crippen MR) is 79.1 cm³/mol. The van der Waals surface area contributed by atoms with Crippen molar-refractivity contribution >= 4 is 5.91 Å². The third-order valence-corrected chi connectivity index (χ3v) is 3.63. The van der Waals surface area contributed by atoms with Crippen molar-refractivity contribution in [3.05, 3.63) is 41.0 Å². The molecule has 1 atom stereocenters. The highest BCUT2D eigenvalue weighted by Crippen LogP contribution is 2.24. The minimum atomic E-state index is -0.386. The maximum absolute atomic E-state index is 12.3. The van der Waals surface area contributed by atoms with Crippen LogP contribution in [0.1, 0.15) is 46.8 Å². The zero-order chi connectivity index (χ0) is 15.6. The molecular weight excluding hydrogens is 268 g/mol. The quantitative estimate of drug-likeness (QED) is 0.902. The van der Waals surface area contributed by atoms with E-state index < -0.39 is 0 Å². The molecule has 6 nitrogen and oxygen atoms in total. The molecule has 112 valence electrons. The first-order valence-corrected chi connectivity index (χ1v) is 6.90. The molecule has 1 amide bonds. The van der Waals surface area contributed by atoms with Gasteiger partial charge in [-0.1, -0.05) is 6.92 Å². The summed E-state index contributed by atoms with van der Waals surface area (Å²) in [7, 11) is 1.88. The van der Waals surface area contributed by atoms with Crippen molar-refractivity contribution in [1.29, 1.82) is 0 Å². The van der Waals surface area contributed by atoms with Crippen LogP contribution in [0.25, 0.3) is 0 Å². The van der Waals surface area contributed by atoms with Gasteiger partial charge in [0.2, 0.25) is 0 Å². The fourth-order valence-electron chi connectivity index (χ4n) is 2.47. The maximum atomic E-state index is 12.3. The highest BCUT2D eigenvalue weighted by atomic mass is 16.3. The van der Waals surface area contributed by atoms with Crippen molar-refractivity contribution in [3.63, 3.8) is 0 Å². The Labute approximate surface area is 123 Å². The largest absolute Gasteiger partial charge is 0.505 e. The molecule has 0 radical (unpaired) electrons. The predicted octanol–water partition coefficient (Wildman–Crippen LogP) is 2.02. The van der Waals surface area contributed by atoms with Gasteiger partial charge >= 0.3 is 0 Å². The third kappa shape index (κ3) is 2.89. The lowest BCUT2D eigenvalue weighted by atomic mass is 10.0. The standard InChI is InChI=1S/C15H20N4O2/c1-5-11(13-9(2)18-19(4)10(13)3)17-15(21)14-12(20)7-6-8-16-14/h6-8,11,20H,5H2,1-4H3,(H,17,21)/t11-/m1/s1. The van der Waals surface area contributed by atoms with E-state index in [9.17, 15) is 9.90 Å². The van der Waals surface area contributed by atoms with E-state index in [1.165, 1.54) is 12.3 Å².